The highest BCUT2D eigenvalue weighted by molar-refractivity contribution is 7.07. The van der Waals surface area contributed by atoms with Crippen LogP contribution in [0.1, 0.15) is 5.56 Å². The number of alkyl halides is 3. The van der Waals surface area contributed by atoms with E-state index in [2.05, 4.69) is 21.7 Å². The topological polar surface area (TPSA) is 6.48 Å². The molecule has 0 spiro atoms. The molecule has 0 aromatic carbocycles. The third-order valence-corrected chi connectivity index (χ3v) is 4.76. The fourth-order valence-electron chi connectivity index (χ4n) is 3.34. The lowest BCUT2D eigenvalue weighted by Gasteiger charge is -2.21. The molecule has 2 aliphatic rings. The zero-order valence-electron chi connectivity index (χ0n) is 10.6. The van der Waals surface area contributed by atoms with Crippen molar-refractivity contribution in [3.63, 3.8) is 0 Å². The molecule has 3 rings (SSSR count). The van der Waals surface area contributed by atoms with Crippen LogP contribution in [0.3, 0.4) is 0 Å². The summed E-state index contributed by atoms with van der Waals surface area (Å²) in [5.74, 6) is 0.835. The summed E-state index contributed by atoms with van der Waals surface area (Å²) in [5.41, 5.74) is 1.32. The molecule has 19 heavy (non-hydrogen) atoms. The molecule has 6 heteroatoms. The Labute approximate surface area is 114 Å². The standard InChI is InChI=1S/C13H17F3N2S/c14-13(15,16)9-18-6-11-4-17(5-12(11)7-18)3-10-1-2-19-8-10/h1-2,8,11-12H,3-7,9H2. The van der Waals surface area contributed by atoms with E-state index in [1.165, 1.54) is 5.56 Å². The van der Waals surface area contributed by atoms with Gasteiger partial charge in [0.25, 0.3) is 0 Å². The minimum atomic E-state index is -4.06. The number of likely N-dealkylation sites (tertiary alicyclic amines) is 2. The molecule has 2 fully saturated rings. The summed E-state index contributed by atoms with van der Waals surface area (Å²) in [5, 5.41) is 4.21. The molecule has 0 aliphatic carbocycles. The zero-order valence-corrected chi connectivity index (χ0v) is 11.4. The van der Waals surface area contributed by atoms with Crippen LogP contribution < -0.4 is 0 Å². The van der Waals surface area contributed by atoms with Crippen molar-refractivity contribution in [2.75, 3.05) is 32.7 Å². The molecule has 106 valence electrons. The van der Waals surface area contributed by atoms with E-state index in [4.69, 9.17) is 0 Å². The van der Waals surface area contributed by atoms with Crippen molar-refractivity contribution in [3.8, 4) is 0 Å². The van der Waals surface area contributed by atoms with Gasteiger partial charge in [-0.2, -0.15) is 24.5 Å². The maximum absolute atomic E-state index is 12.4. The van der Waals surface area contributed by atoms with Crippen molar-refractivity contribution >= 4 is 11.3 Å². The lowest BCUT2D eigenvalue weighted by molar-refractivity contribution is -0.144. The van der Waals surface area contributed by atoms with Gasteiger partial charge in [0.05, 0.1) is 6.54 Å². The van der Waals surface area contributed by atoms with Crippen LogP contribution in [0.4, 0.5) is 13.2 Å². The Bertz CT molecular complexity index is 404. The van der Waals surface area contributed by atoms with Crippen molar-refractivity contribution in [2.24, 2.45) is 11.8 Å². The highest BCUT2D eigenvalue weighted by atomic mass is 32.1. The maximum Gasteiger partial charge on any atom is 0.401 e. The molecule has 2 nitrogen and oxygen atoms in total. The second-order valence-corrected chi connectivity index (χ2v) is 6.44. The molecule has 3 heterocycles. The van der Waals surface area contributed by atoms with Crippen LogP contribution in [0.15, 0.2) is 16.8 Å². The number of halogens is 3. The molecular formula is C13H17F3N2S. The van der Waals surface area contributed by atoms with Gasteiger partial charge in [-0.25, -0.2) is 0 Å². The van der Waals surface area contributed by atoms with Crippen LogP contribution in [0.25, 0.3) is 0 Å². The first-order valence-electron chi connectivity index (χ1n) is 6.52. The van der Waals surface area contributed by atoms with Gasteiger partial charge in [-0.15, -0.1) is 0 Å². The Kier molecular flexibility index (Phi) is 3.57. The summed E-state index contributed by atoms with van der Waals surface area (Å²) in [7, 11) is 0. The molecule has 0 N–H and O–H groups in total. The lowest BCUT2D eigenvalue weighted by atomic mass is 10.0. The SMILES string of the molecule is FC(F)(F)CN1CC2CN(Cc3ccsc3)CC2C1. The summed E-state index contributed by atoms with van der Waals surface area (Å²) in [6.07, 6.45) is -4.06. The lowest BCUT2D eigenvalue weighted by Crippen LogP contribution is -2.35. The Balaban J connectivity index is 1.50. The van der Waals surface area contributed by atoms with E-state index < -0.39 is 12.7 Å². The quantitative estimate of drug-likeness (QED) is 0.844. The minimum absolute atomic E-state index is 0.418. The van der Waals surface area contributed by atoms with E-state index >= 15 is 0 Å². The van der Waals surface area contributed by atoms with Gasteiger partial charge in [0, 0.05) is 32.7 Å². The van der Waals surface area contributed by atoms with Crippen molar-refractivity contribution in [2.45, 2.75) is 12.7 Å². The number of nitrogens with zero attached hydrogens (tertiary/aromatic N) is 2. The molecule has 0 saturated carbocycles. The molecule has 0 bridgehead atoms. The Morgan fingerprint density at radius 2 is 1.74 bits per heavy atom. The van der Waals surface area contributed by atoms with Gasteiger partial charge in [-0.05, 0) is 34.2 Å². The van der Waals surface area contributed by atoms with E-state index in [9.17, 15) is 13.2 Å². The molecule has 2 saturated heterocycles. The van der Waals surface area contributed by atoms with E-state index in [0.29, 0.717) is 24.9 Å². The van der Waals surface area contributed by atoms with Crippen molar-refractivity contribution in [1.82, 2.24) is 9.80 Å². The second kappa shape index (κ2) is 5.07. The van der Waals surface area contributed by atoms with E-state index in [1.807, 2.05) is 0 Å². The first kappa shape index (κ1) is 13.4. The first-order valence-corrected chi connectivity index (χ1v) is 7.46. The van der Waals surface area contributed by atoms with Gasteiger partial charge >= 0.3 is 6.18 Å². The van der Waals surface area contributed by atoms with Crippen LogP contribution in [-0.2, 0) is 6.54 Å². The number of fused-ring (bicyclic) bond motifs is 1. The normalized spacial score (nSPS) is 29.0. The highest BCUT2D eigenvalue weighted by Gasteiger charge is 2.43. The van der Waals surface area contributed by atoms with Crippen molar-refractivity contribution in [3.05, 3.63) is 22.4 Å². The van der Waals surface area contributed by atoms with Crippen LogP contribution >= 0.6 is 11.3 Å². The summed E-state index contributed by atoms with van der Waals surface area (Å²) in [6.45, 7) is 3.28. The van der Waals surface area contributed by atoms with Crippen molar-refractivity contribution < 1.29 is 13.2 Å². The van der Waals surface area contributed by atoms with Gasteiger partial charge < -0.3 is 0 Å². The predicted molar refractivity (Wildman–Crippen MR) is 69.1 cm³/mol. The average Bonchev–Trinajstić information content (AvgIpc) is 2.92. The molecular weight excluding hydrogens is 273 g/mol. The molecule has 2 atom stereocenters. The summed E-state index contributed by atoms with van der Waals surface area (Å²) < 4.78 is 37.1. The van der Waals surface area contributed by atoms with Gasteiger partial charge in [-0.3, -0.25) is 9.80 Å². The molecule has 1 aromatic heterocycles. The highest BCUT2D eigenvalue weighted by Crippen LogP contribution is 2.33. The van der Waals surface area contributed by atoms with E-state index in [-0.39, 0.29) is 0 Å². The Hall–Kier alpha value is -0.590. The number of hydrogen-bond donors (Lipinski definition) is 0. The van der Waals surface area contributed by atoms with Crippen LogP contribution in [-0.4, -0.2) is 48.7 Å². The van der Waals surface area contributed by atoms with Gasteiger partial charge in [0.15, 0.2) is 0 Å². The average molecular weight is 290 g/mol. The number of hydrogen-bond acceptors (Lipinski definition) is 3. The molecule has 0 amide bonds. The summed E-state index contributed by atoms with van der Waals surface area (Å²) in [6, 6.07) is 2.12. The number of thiophene rings is 1. The van der Waals surface area contributed by atoms with Crippen LogP contribution in [0.2, 0.25) is 0 Å². The van der Waals surface area contributed by atoms with Gasteiger partial charge in [-0.1, -0.05) is 0 Å². The maximum atomic E-state index is 12.4. The van der Waals surface area contributed by atoms with E-state index in [1.54, 1.807) is 16.2 Å². The second-order valence-electron chi connectivity index (χ2n) is 5.66. The summed E-state index contributed by atoms with van der Waals surface area (Å²) in [4.78, 5) is 3.94. The zero-order chi connectivity index (χ0) is 13.5. The first-order chi connectivity index (χ1) is 8.99. The molecule has 0 radical (unpaired) electrons. The van der Waals surface area contributed by atoms with E-state index in [0.717, 1.165) is 19.6 Å². The van der Waals surface area contributed by atoms with Gasteiger partial charge in [0.1, 0.15) is 0 Å². The van der Waals surface area contributed by atoms with Gasteiger partial charge in [0.2, 0.25) is 0 Å². The fourth-order valence-corrected chi connectivity index (χ4v) is 4.00. The van der Waals surface area contributed by atoms with Crippen LogP contribution in [0.5, 0.6) is 0 Å². The molecule has 2 unspecified atom stereocenters. The van der Waals surface area contributed by atoms with Crippen molar-refractivity contribution in [1.29, 1.82) is 0 Å². The van der Waals surface area contributed by atoms with Crippen LogP contribution in [0, 0.1) is 11.8 Å². The largest absolute Gasteiger partial charge is 0.401 e. The third-order valence-electron chi connectivity index (χ3n) is 4.03. The third kappa shape index (κ3) is 3.30. The molecule has 1 aromatic rings. The number of rotatable bonds is 3. The molecule has 2 aliphatic heterocycles. The predicted octanol–water partition coefficient (Wildman–Crippen LogP) is 2.67. The minimum Gasteiger partial charge on any atom is -0.298 e. The summed E-state index contributed by atoms with van der Waals surface area (Å²) >= 11 is 1.69. The monoisotopic (exact) mass is 290 g/mol. The Morgan fingerprint density at radius 3 is 2.26 bits per heavy atom. The smallest absolute Gasteiger partial charge is 0.298 e. The Morgan fingerprint density at radius 1 is 1.11 bits per heavy atom. The fraction of sp³-hybridized carbons (Fsp3) is 0.692.